The number of rotatable bonds is 4. The van der Waals surface area contributed by atoms with Gasteiger partial charge in [0.2, 0.25) is 0 Å². The second kappa shape index (κ2) is 6.03. The molecule has 0 spiro atoms. The first-order valence-corrected chi connectivity index (χ1v) is 8.40. The third kappa shape index (κ3) is 3.04. The van der Waals surface area contributed by atoms with Crippen molar-refractivity contribution in [3.8, 4) is 0 Å². The zero-order chi connectivity index (χ0) is 15.6. The monoisotopic (exact) mass is 324 g/mol. The van der Waals surface area contributed by atoms with Crippen molar-refractivity contribution in [1.82, 2.24) is 4.98 Å². The summed E-state index contributed by atoms with van der Waals surface area (Å²) >= 11 is 5.87. The predicted octanol–water partition coefficient (Wildman–Crippen LogP) is 3.57. The third-order valence-electron chi connectivity index (χ3n) is 3.25. The molecule has 0 atom stereocenters. The van der Waals surface area contributed by atoms with Crippen molar-refractivity contribution in [2.45, 2.75) is 25.7 Å². The van der Waals surface area contributed by atoms with E-state index in [-0.39, 0.29) is 4.90 Å². The molecule has 1 heterocycles. The lowest BCUT2D eigenvalue weighted by atomic mass is 10.2. The number of sulfonamides is 1. The van der Waals surface area contributed by atoms with Crippen LogP contribution in [0.4, 0.5) is 5.69 Å². The number of para-hydroxylation sites is 1. The van der Waals surface area contributed by atoms with Crippen LogP contribution in [0.1, 0.15) is 18.1 Å². The standard InChI is InChI=1S/C15H17ClN2O2S/c1-4-18(14-8-6-5-7-11(14)2)21(19,20)13-9-12(3)15(16)17-10-13/h5-10H,4H2,1-3H3. The average Bonchev–Trinajstić information content (AvgIpc) is 2.44. The number of hydrogen-bond acceptors (Lipinski definition) is 3. The van der Waals surface area contributed by atoms with Gasteiger partial charge in [-0.25, -0.2) is 13.4 Å². The molecule has 0 aliphatic carbocycles. The fourth-order valence-corrected chi connectivity index (χ4v) is 3.79. The van der Waals surface area contributed by atoms with Gasteiger partial charge in [0, 0.05) is 12.7 Å². The van der Waals surface area contributed by atoms with Gasteiger partial charge in [-0.15, -0.1) is 0 Å². The summed E-state index contributed by atoms with van der Waals surface area (Å²) < 4.78 is 27.0. The number of anilines is 1. The van der Waals surface area contributed by atoms with E-state index >= 15 is 0 Å². The Balaban J connectivity index is 2.55. The van der Waals surface area contributed by atoms with E-state index in [0.717, 1.165) is 5.56 Å². The molecular weight excluding hydrogens is 308 g/mol. The van der Waals surface area contributed by atoms with Crippen molar-refractivity contribution in [3.05, 3.63) is 52.8 Å². The molecule has 0 N–H and O–H groups in total. The molecule has 112 valence electrons. The Morgan fingerprint density at radius 3 is 2.43 bits per heavy atom. The minimum atomic E-state index is -3.65. The van der Waals surface area contributed by atoms with E-state index in [2.05, 4.69) is 4.98 Å². The van der Waals surface area contributed by atoms with Crippen molar-refractivity contribution < 1.29 is 8.42 Å². The Morgan fingerprint density at radius 2 is 1.86 bits per heavy atom. The van der Waals surface area contributed by atoms with Crippen LogP contribution in [-0.2, 0) is 10.0 Å². The van der Waals surface area contributed by atoms with Crippen LogP contribution < -0.4 is 4.31 Å². The average molecular weight is 325 g/mol. The molecule has 4 nitrogen and oxygen atoms in total. The maximum Gasteiger partial charge on any atom is 0.265 e. The van der Waals surface area contributed by atoms with E-state index in [1.54, 1.807) is 26.0 Å². The molecule has 0 saturated heterocycles. The number of hydrogen-bond donors (Lipinski definition) is 0. The Morgan fingerprint density at radius 1 is 1.19 bits per heavy atom. The lowest BCUT2D eigenvalue weighted by Crippen LogP contribution is -2.31. The van der Waals surface area contributed by atoms with Gasteiger partial charge in [-0.2, -0.15) is 0 Å². The molecule has 0 saturated carbocycles. The normalized spacial score (nSPS) is 11.4. The van der Waals surface area contributed by atoms with Gasteiger partial charge in [-0.3, -0.25) is 4.31 Å². The number of benzene rings is 1. The van der Waals surface area contributed by atoms with Gasteiger partial charge in [0.05, 0.1) is 5.69 Å². The Bertz CT molecular complexity index is 760. The van der Waals surface area contributed by atoms with Crippen LogP contribution in [0.2, 0.25) is 5.15 Å². The van der Waals surface area contributed by atoms with Crippen LogP contribution in [0.25, 0.3) is 0 Å². The van der Waals surface area contributed by atoms with E-state index < -0.39 is 10.0 Å². The second-order valence-electron chi connectivity index (χ2n) is 4.74. The highest BCUT2D eigenvalue weighted by atomic mass is 35.5. The summed E-state index contributed by atoms with van der Waals surface area (Å²) in [5.74, 6) is 0. The zero-order valence-electron chi connectivity index (χ0n) is 12.2. The van der Waals surface area contributed by atoms with Gasteiger partial charge < -0.3 is 0 Å². The summed E-state index contributed by atoms with van der Waals surface area (Å²) in [5, 5.41) is 0.313. The Kier molecular flexibility index (Phi) is 4.54. The van der Waals surface area contributed by atoms with Gasteiger partial charge in [0.25, 0.3) is 10.0 Å². The minimum absolute atomic E-state index is 0.148. The molecule has 21 heavy (non-hydrogen) atoms. The number of halogens is 1. The predicted molar refractivity (Wildman–Crippen MR) is 85.4 cm³/mol. The quantitative estimate of drug-likeness (QED) is 0.808. The van der Waals surface area contributed by atoms with Crippen LogP contribution in [0, 0.1) is 13.8 Å². The number of nitrogens with zero attached hydrogens (tertiary/aromatic N) is 2. The molecule has 2 rings (SSSR count). The Labute approximate surface area is 130 Å². The zero-order valence-corrected chi connectivity index (χ0v) is 13.7. The van der Waals surface area contributed by atoms with Crippen molar-refractivity contribution >= 4 is 27.3 Å². The van der Waals surface area contributed by atoms with Crippen LogP contribution in [0.5, 0.6) is 0 Å². The van der Waals surface area contributed by atoms with Gasteiger partial charge in [0.15, 0.2) is 0 Å². The largest absolute Gasteiger partial charge is 0.266 e. The molecule has 0 unspecified atom stereocenters. The minimum Gasteiger partial charge on any atom is -0.266 e. The molecule has 2 aromatic rings. The van der Waals surface area contributed by atoms with Gasteiger partial charge in [-0.05, 0) is 44.0 Å². The molecule has 6 heteroatoms. The molecule has 1 aromatic heterocycles. The highest BCUT2D eigenvalue weighted by Gasteiger charge is 2.25. The summed E-state index contributed by atoms with van der Waals surface area (Å²) in [6.45, 7) is 5.77. The van der Waals surface area contributed by atoms with Crippen LogP contribution >= 0.6 is 11.6 Å². The highest BCUT2D eigenvalue weighted by molar-refractivity contribution is 7.92. The fraction of sp³-hybridized carbons (Fsp3) is 0.267. The lowest BCUT2D eigenvalue weighted by Gasteiger charge is -2.24. The topological polar surface area (TPSA) is 50.3 Å². The number of aromatic nitrogens is 1. The van der Waals surface area contributed by atoms with Crippen LogP contribution in [0.3, 0.4) is 0 Å². The van der Waals surface area contributed by atoms with E-state index in [1.807, 2.05) is 25.1 Å². The summed E-state index contributed by atoms with van der Waals surface area (Å²) in [4.78, 5) is 4.09. The summed E-state index contributed by atoms with van der Waals surface area (Å²) in [6, 6.07) is 8.94. The highest BCUT2D eigenvalue weighted by Crippen LogP contribution is 2.27. The number of aryl methyl sites for hydroxylation is 2. The molecule has 0 amide bonds. The molecule has 0 aliphatic rings. The molecule has 0 aliphatic heterocycles. The van der Waals surface area contributed by atoms with E-state index in [4.69, 9.17) is 11.6 Å². The van der Waals surface area contributed by atoms with E-state index in [1.165, 1.54) is 10.5 Å². The summed E-state index contributed by atoms with van der Waals surface area (Å²) in [6.07, 6.45) is 1.30. The third-order valence-corrected chi connectivity index (χ3v) is 5.50. The maximum atomic E-state index is 12.8. The Hall–Kier alpha value is -1.59. The summed E-state index contributed by atoms with van der Waals surface area (Å²) in [7, 11) is -3.65. The summed E-state index contributed by atoms with van der Waals surface area (Å²) in [5.41, 5.74) is 2.22. The molecular formula is C15H17ClN2O2S. The van der Waals surface area contributed by atoms with Gasteiger partial charge >= 0.3 is 0 Å². The fourth-order valence-electron chi connectivity index (χ4n) is 2.11. The van der Waals surface area contributed by atoms with E-state index in [9.17, 15) is 8.42 Å². The first kappa shape index (κ1) is 15.8. The smallest absolute Gasteiger partial charge is 0.265 e. The SMILES string of the molecule is CCN(c1ccccc1C)S(=O)(=O)c1cnc(Cl)c(C)c1. The molecule has 0 fully saturated rings. The van der Waals surface area contributed by atoms with Gasteiger partial charge in [0.1, 0.15) is 10.0 Å². The van der Waals surface area contributed by atoms with Gasteiger partial charge in [-0.1, -0.05) is 29.8 Å². The number of pyridine rings is 1. The first-order chi connectivity index (χ1) is 9.87. The lowest BCUT2D eigenvalue weighted by molar-refractivity contribution is 0.591. The van der Waals surface area contributed by atoms with Crippen LogP contribution in [0.15, 0.2) is 41.4 Å². The molecule has 0 bridgehead atoms. The second-order valence-corrected chi connectivity index (χ2v) is 6.96. The molecule has 0 radical (unpaired) electrons. The van der Waals surface area contributed by atoms with Crippen LogP contribution in [-0.4, -0.2) is 19.9 Å². The van der Waals surface area contributed by atoms with Crippen molar-refractivity contribution in [2.75, 3.05) is 10.8 Å². The van der Waals surface area contributed by atoms with Crippen molar-refractivity contribution in [1.29, 1.82) is 0 Å². The van der Waals surface area contributed by atoms with Crippen molar-refractivity contribution in [3.63, 3.8) is 0 Å². The van der Waals surface area contributed by atoms with Crippen molar-refractivity contribution in [2.24, 2.45) is 0 Å². The first-order valence-electron chi connectivity index (χ1n) is 6.58. The maximum absolute atomic E-state index is 12.8. The molecule has 1 aromatic carbocycles. The van der Waals surface area contributed by atoms with E-state index in [0.29, 0.717) is 22.9 Å².